The third kappa shape index (κ3) is 3.95. The maximum absolute atomic E-state index is 12.5. The summed E-state index contributed by atoms with van der Waals surface area (Å²) in [5.74, 6) is 0.564. The maximum atomic E-state index is 12.5. The zero-order valence-electron chi connectivity index (χ0n) is 13.4. The number of halogens is 2. The molecule has 1 aliphatic carbocycles. The summed E-state index contributed by atoms with van der Waals surface area (Å²) in [7, 11) is 0. The predicted octanol–water partition coefficient (Wildman–Crippen LogP) is 4.46. The van der Waals surface area contributed by atoms with Crippen molar-refractivity contribution in [2.75, 3.05) is 0 Å². The van der Waals surface area contributed by atoms with E-state index in [1.165, 1.54) is 37.6 Å². The SMILES string of the molecule is OC(c1nc(-c2ccc(C(F)F)nc2)no1)C1CCCCCCC1. The molecule has 1 N–H and O–H groups in total. The van der Waals surface area contributed by atoms with E-state index in [-0.39, 0.29) is 23.3 Å². The van der Waals surface area contributed by atoms with E-state index in [2.05, 4.69) is 15.1 Å². The van der Waals surface area contributed by atoms with Gasteiger partial charge in [0.15, 0.2) is 0 Å². The molecule has 24 heavy (non-hydrogen) atoms. The molecule has 0 saturated heterocycles. The number of rotatable bonds is 4. The topological polar surface area (TPSA) is 72.0 Å². The van der Waals surface area contributed by atoms with Crippen LogP contribution in [0.2, 0.25) is 0 Å². The van der Waals surface area contributed by atoms with Gasteiger partial charge < -0.3 is 9.63 Å². The van der Waals surface area contributed by atoms with Crippen LogP contribution in [0.4, 0.5) is 8.78 Å². The molecule has 0 amide bonds. The van der Waals surface area contributed by atoms with Gasteiger partial charge in [0.1, 0.15) is 11.8 Å². The lowest BCUT2D eigenvalue weighted by Gasteiger charge is -2.22. The summed E-state index contributed by atoms with van der Waals surface area (Å²) in [5, 5.41) is 14.4. The first kappa shape index (κ1) is 17.0. The molecular weight excluding hydrogens is 316 g/mol. The number of aliphatic hydroxyl groups is 1. The van der Waals surface area contributed by atoms with Gasteiger partial charge in [-0.15, -0.1) is 0 Å². The second-order valence-corrected chi connectivity index (χ2v) is 6.28. The second-order valence-electron chi connectivity index (χ2n) is 6.28. The molecule has 0 radical (unpaired) electrons. The molecule has 1 aliphatic rings. The summed E-state index contributed by atoms with van der Waals surface area (Å²) in [4.78, 5) is 7.92. The van der Waals surface area contributed by atoms with Crippen molar-refractivity contribution < 1.29 is 18.4 Å². The van der Waals surface area contributed by atoms with Gasteiger partial charge in [-0.25, -0.2) is 8.78 Å². The van der Waals surface area contributed by atoms with E-state index in [0.29, 0.717) is 5.56 Å². The molecule has 2 heterocycles. The second kappa shape index (κ2) is 7.79. The molecule has 1 saturated carbocycles. The fourth-order valence-corrected chi connectivity index (χ4v) is 3.14. The predicted molar refractivity (Wildman–Crippen MR) is 83.3 cm³/mol. The minimum Gasteiger partial charge on any atom is -0.383 e. The summed E-state index contributed by atoms with van der Waals surface area (Å²) in [6, 6.07) is 2.71. The highest BCUT2D eigenvalue weighted by Crippen LogP contribution is 2.33. The number of aromatic nitrogens is 3. The first-order valence-electron chi connectivity index (χ1n) is 8.41. The molecule has 5 nitrogen and oxygen atoms in total. The Labute approximate surface area is 139 Å². The zero-order chi connectivity index (χ0) is 16.9. The number of nitrogens with zero attached hydrogens (tertiary/aromatic N) is 3. The Balaban J connectivity index is 1.71. The summed E-state index contributed by atoms with van der Waals surface area (Å²) >= 11 is 0. The molecule has 1 unspecified atom stereocenters. The van der Waals surface area contributed by atoms with Crippen molar-refractivity contribution in [3.05, 3.63) is 29.9 Å². The van der Waals surface area contributed by atoms with E-state index in [1.54, 1.807) is 0 Å². The average Bonchev–Trinajstić information content (AvgIpc) is 3.04. The fraction of sp³-hybridized carbons (Fsp3) is 0.588. The quantitative estimate of drug-likeness (QED) is 0.891. The lowest BCUT2D eigenvalue weighted by Crippen LogP contribution is -2.14. The molecule has 2 aromatic heterocycles. The van der Waals surface area contributed by atoms with Crippen LogP contribution in [-0.4, -0.2) is 20.2 Å². The molecule has 0 bridgehead atoms. The van der Waals surface area contributed by atoms with E-state index >= 15 is 0 Å². The van der Waals surface area contributed by atoms with Gasteiger partial charge in [0.2, 0.25) is 5.82 Å². The Morgan fingerprint density at radius 3 is 2.42 bits per heavy atom. The molecule has 0 aliphatic heterocycles. The van der Waals surface area contributed by atoms with Gasteiger partial charge in [-0.05, 0) is 30.9 Å². The van der Waals surface area contributed by atoms with Crippen LogP contribution in [0.25, 0.3) is 11.4 Å². The van der Waals surface area contributed by atoms with E-state index in [0.717, 1.165) is 25.7 Å². The third-order valence-electron chi connectivity index (χ3n) is 4.56. The van der Waals surface area contributed by atoms with Gasteiger partial charge >= 0.3 is 0 Å². The molecule has 0 spiro atoms. The van der Waals surface area contributed by atoms with Crippen LogP contribution in [0.3, 0.4) is 0 Å². The molecule has 7 heteroatoms. The van der Waals surface area contributed by atoms with Crippen molar-refractivity contribution >= 4 is 0 Å². The van der Waals surface area contributed by atoms with Crippen molar-refractivity contribution in [1.82, 2.24) is 15.1 Å². The number of hydrogen-bond donors (Lipinski definition) is 1. The molecule has 3 rings (SSSR count). The average molecular weight is 337 g/mol. The molecule has 1 fully saturated rings. The maximum Gasteiger partial charge on any atom is 0.280 e. The Hall–Kier alpha value is -1.89. The van der Waals surface area contributed by atoms with E-state index in [1.807, 2.05) is 0 Å². The Morgan fingerprint density at radius 1 is 1.08 bits per heavy atom. The normalized spacial score (nSPS) is 18.3. The fourth-order valence-electron chi connectivity index (χ4n) is 3.14. The van der Waals surface area contributed by atoms with E-state index in [4.69, 9.17) is 4.52 Å². The monoisotopic (exact) mass is 337 g/mol. The van der Waals surface area contributed by atoms with Crippen LogP contribution in [-0.2, 0) is 0 Å². The van der Waals surface area contributed by atoms with Crippen molar-refractivity contribution in [2.24, 2.45) is 5.92 Å². The summed E-state index contributed by atoms with van der Waals surface area (Å²) in [5.41, 5.74) is 0.191. The largest absolute Gasteiger partial charge is 0.383 e. The summed E-state index contributed by atoms with van der Waals surface area (Å²) < 4.78 is 30.3. The number of pyridine rings is 1. The first-order chi connectivity index (χ1) is 11.6. The summed E-state index contributed by atoms with van der Waals surface area (Å²) in [6.07, 6.45) is 5.64. The van der Waals surface area contributed by atoms with Crippen LogP contribution < -0.4 is 0 Å². The lowest BCUT2D eigenvalue weighted by atomic mass is 9.87. The third-order valence-corrected chi connectivity index (χ3v) is 4.56. The van der Waals surface area contributed by atoms with Crippen LogP contribution in [0.15, 0.2) is 22.9 Å². The van der Waals surface area contributed by atoms with Crippen LogP contribution in [0.5, 0.6) is 0 Å². The van der Waals surface area contributed by atoms with Crippen LogP contribution >= 0.6 is 0 Å². The molecule has 1 atom stereocenters. The Bertz CT molecular complexity index is 638. The van der Waals surface area contributed by atoms with E-state index in [9.17, 15) is 13.9 Å². The standard InChI is InChI=1S/C17H21F2N3O2/c18-15(19)13-9-8-12(10-20-13)16-21-17(24-22-16)14(23)11-6-4-2-1-3-5-7-11/h8-11,14-15,23H,1-7H2. The van der Waals surface area contributed by atoms with Crippen molar-refractivity contribution in [3.8, 4) is 11.4 Å². The van der Waals surface area contributed by atoms with Crippen molar-refractivity contribution in [2.45, 2.75) is 57.5 Å². The van der Waals surface area contributed by atoms with Crippen LogP contribution in [0, 0.1) is 5.92 Å². The lowest BCUT2D eigenvalue weighted by molar-refractivity contribution is 0.0605. The zero-order valence-corrected chi connectivity index (χ0v) is 13.4. The van der Waals surface area contributed by atoms with Crippen molar-refractivity contribution in [3.63, 3.8) is 0 Å². The van der Waals surface area contributed by atoms with E-state index < -0.39 is 12.5 Å². The van der Waals surface area contributed by atoms with Gasteiger partial charge in [-0.3, -0.25) is 4.98 Å². The van der Waals surface area contributed by atoms with Gasteiger partial charge in [-0.1, -0.05) is 37.3 Å². The Kier molecular flexibility index (Phi) is 5.50. The highest BCUT2D eigenvalue weighted by molar-refractivity contribution is 5.52. The minimum absolute atomic E-state index is 0.123. The summed E-state index contributed by atoms with van der Waals surface area (Å²) in [6.45, 7) is 0. The van der Waals surface area contributed by atoms with Crippen molar-refractivity contribution in [1.29, 1.82) is 0 Å². The van der Waals surface area contributed by atoms with Gasteiger partial charge in [0.05, 0.1) is 0 Å². The first-order valence-corrected chi connectivity index (χ1v) is 8.41. The molecule has 0 aromatic carbocycles. The minimum atomic E-state index is -2.61. The number of alkyl halides is 2. The number of aliphatic hydroxyl groups excluding tert-OH is 1. The molecular formula is C17H21F2N3O2. The van der Waals surface area contributed by atoms with Crippen LogP contribution in [0.1, 0.15) is 69.1 Å². The molecule has 130 valence electrons. The number of hydrogen-bond acceptors (Lipinski definition) is 5. The van der Waals surface area contributed by atoms with Gasteiger partial charge in [-0.2, -0.15) is 4.98 Å². The smallest absolute Gasteiger partial charge is 0.280 e. The Morgan fingerprint density at radius 2 is 1.79 bits per heavy atom. The van der Waals surface area contributed by atoms with Gasteiger partial charge in [0, 0.05) is 11.8 Å². The highest BCUT2D eigenvalue weighted by atomic mass is 19.3. The highest BCUT2D eigenvalue weighted by Gasteiger charge is 2.26. The van der Waals surface area contributed by atoms with Gasteiger partial charge in [0.25, 0.3) is 12.3 Å². The molecule has 2 aromatic rings.